The van der Waals surface area contributed by atoms with Gasteiger partial charge in [0.15, 0.2) is 0 Å². The Labute approximate surface area is 322 Å². The summed E-state index contributed by atoms with van der Waals surface area (Å²) in [4.78, 5) is 5.19. The molecule has 1 aliphatic carbocycles. The zero-order valence-electron chi connectivity index (χ0n) is 30.3. The van der Waals surface area contributed by atoms with Crippen LogP contribution in [0, 0.1) is 0 Å². The van der Waals surface area contributed by atoms with Gasteiger partial charge in [-0.1, -0.05) is 200 Å². The predicted molar refractivity (Wildman–Crippen MR) is 233 cm³/mol. The Bertz CT molecular complexity index is 2850. The fourth-order valence-corrected chi connectivity index (χ4v) is 8.23. The number of hydrogen-bond acceptors (Lipinski definition) is 1. The number of fused-ring (bicyclic) bond motifs is 3. The van der Waals surface area contributed by atoms with E-state index in [2.05, 4.69) is 218 Å². The Kier molecular flexibility index (Phi) is 8.31. The van der Waals surface area contributed by atoms with Crippen molar-refractivity contribution in [1.82, 2.24) is 4.98 Å². The molecule has 258 valence electrons. The molecule has 0 amide bonds. The van der Waals surface area contributed by atoms with Crippen LogP contribution in [0.25, 0.3) is 77.5 Å². The summed E-state index contributed by atoms with van der Waals surface area (Å²) in [6.45, 7) is 0. The molecule has 0 bridgehead atoms. The van der Waals surface area contributed by atoms with E-state index in [9.17, 15) is 0 Å². The second-order valence-corrected chi connectivity index (χ2v) is 14.3. The lowest BCUT2D eigenvalue weighted by Crippen LogP contribution is -1.96. The molecule has 0 saturated heterocycles. The van der Waals surface area contributed by atoms with Crippen molar-refractivity contribution in [1.29, 1.82) is 0 Å². The first kappa shape index (κ1) is 32.6. The first-order valence-electron chi connectivity index (χ1n) is 19.0. The molecule has 55 heavy (non-hydrogen) atoms. The molecular weight excluding hydrogens is 663 g/mol. The van der Waals surface area contributed by atoms with Gasteiger partial charge in [-0.05, 0) is 90.2 Å². The molecule has 1 aromatic heterocycles. The van der Waals surface area contributed by atoms with Gasteiger partial charge in [0.25, 0.3) is 0 Å². The molecule has 0 aliphatic heterocycles. The molecule has 1 aliphatic rings. The average Bonchev–Trinajstić information content (AvgIpc) is 3.73. The summed E-state index contributed by atoms with van der Waals surface area (Å²) in [6.07, 6.45) is 4.78. The number of allylic oxidation sites excluding steroid dienone is 4. The van der Waals surface area contributed by atoms with Gasteiger partial charge in [0.2, 0.25) is 0 Å². The van der Waals surface area contributed by atoms with Gasteiger partial charge >= 0.3 is 0 Å². The van der Waals surface area contributed by atoms with Gasteiger partial charge in [0.05, 0.1) is 11.2 Å². The predicted octanol–water partition coefficient (Wildman–Crippen LogP) is 14.3. The number of aromatic nitrogens is 1. The van der Waals surface area contributed by atoms with Crippen LogP contribution < -0.4 is 0 Å². The molecule has 0 fully saturated rings. The molecule has 10 rings (SSSR count). The number of rotatable bonds is 7. The quantitative estimate of drug-likeness (QED) is 0.151. The number of pyridine rings is 1. The van der Waals surface area contributed by atoms with Crippen LogP contribution in [0.15, 0.2) is 218 Å². The van der Waals surface area contributed by atoms with Crippen molar-refractivity contribution in [2.24, 2.45) is 0 Å². The minimum Gasteiger partial charge on any atom is -0.248 e. The molecular formula is C54H37N. The Hall–Kier alpha value is -7.09. The van der Waals surface area contributed by atoms with E-state index in [1.165, 1.54) is 77.4 Å². The molecule has 1 heterocycles. The van der Waals surface area contributed by atoms with E-state index in [0.29, 0.717) is 0 Å². The fraction of sp³-hybridized carbons (Fsp3) is 0.0185. The summed E-state index contributed by atoms with van der Waals surface area (Å²) < 4.78 is 0. The van der Waals surface area contributed by atoms with Crippen molar-refractivity contribution in [3.05, 3.63) is 235 Å². The van der Waals surface area contributed by atoms with Crippen LogP contribution in [0.3, 0.4) is 0 Å². The minimum atomic E-state index is 0.228. The van der Waals surface area contributed by atoms with E-state index in [1.807, 2.05) is 0 Å². The third-order valence-corrected chi connectivity index (χ3v) is 11.0. The first-order chi connectivity index (χ1) is 27.3. The summed E-state index contributed by atoms with van der Waals surface area (Å²) >= 11 is 0. The van der Waals surface area contributed by atoms with Crippen molar-refractivity contribution in [3.8, 4) is 44.6 Å². The Morgan fingerprint density at radius 1 is 0.364 bits per heavy atom. The first-order valence-corrected chi connectivity index (χ1v) is 19.0. The zero-order chi connectivity index (χ0) is 36.6. The van der Waals surface area contributed by atoms with Gasteiger partial charge in [-0.3, -0.25) is 0 Å². The number of nitrogens with zero attached hydrogens (tertiary/aromatic N) is 1. The van der Waals surface area contributed by atoms with Crippen LogP contribution in [0.2, 0.25) is 0 Å². The summed E-state index contributed by atoms with van der Waals surface area (Å²) in [5, 5.41) is 3.61. The molecule has 1 nitrogen and oxygen atoms in total. The Morgan fingerprint density at radius 2 is 0.909 bits per heavy atom. The second-order valence-electron chi connectivity index (χ2n) is 14.3. The van der Waals surface area contributed by atoms with E-state index >= 15 is 0 Å². The molecule has 0 radical (unpaired) electrons. The van der Waals surface area contributed by atoms with Gasteiger partial charge in [-0.2, -0.15) is 0 Å². The highest BCUT2D eigenvalue weighted by Crippen LogP contribution is 2.43. The molecule has 1 unspecified atom stereocenters. The van der Waals surface area contributed by atoms with Crippen molar-refractivity contribution in [2.45, 2.75) is 5.92 Å². The maximum atomic E-state index is 5.19. The van der Waals surface area contributed by atoms with E-state index in [0.717, 1.165) is 16.8 Å². The smallest absolute Gasteiger partial charge is 0.0722 e. The van der Waals surface area contributed by atoms with Gasteiger partial charge in [0.1, 0.15) is 0 Å². The number of hydrogen-bond donors (Lipinski definition) is 0. The summed E-state index contributed by atoms with van der Waals surface area (Å²) in [5.74, 6) is 0.228. The monoisotopic (exact) mass is 699 g/mol. The lowest BCUT2D eigenvalue weighted by atomic mass is 9.89. The fourth-order valence-electron chi connectivity index (χ4n) is 8.23. The topological polar surface area (TPSA) is 12.9 Å². The van der Waals surface area contributed by atoms with E-state index in [-0.39, 0.29) is 5.92 Å². The molecule has 1 atom stereocenters. The minimum absolute atomic E-state index is 0.228. The van der Waals surface area contributed by atoms with Crippen LogP contribution in [0.1, 0.15) is 22.6 Å². The van der Waals surface area contributed by atoms with Gasteiger partial charge in [-0.15, -0.1) is 0 Å². The molecule has 0 spiro atoms. The Morgan fingerprint density at radius 3 is 1.56 bits per heavy atom. The molecule has 0 saturated carbocycles. The zero-order valence-corrected chi connectivity index (χ0v) is 30.3. The Balaban J connectivity index is 0.983. The standard InChI is InChI=1S/C54H37N/c1-5-14-40(15-6-1)49-34-45(35-50(49)41-16-7-2-8-17-41)39-26-24-37(25-27-39)38-28-30-43(31-29-38)46-22-13-23-48-47(46)32-33-52-54(48)51(42-18-9-3-10-19-42)36-53(55-52)44-20-11-4-12-21-44/h1-36,49H. The van der Waals surface area contributed by atoms with Gasteiger partial charge in [-0.25, -0.2) is 4.98 Å². The maximum absolute atomic E-state index is 5.19. The molecule has 0 N–H and O–H groups in total. The van der Waals surface area contributed by atoms with Crippen LogP contribution in [0.5, 0.6) is 0 Å². The lowest BCUT2D eigenvalue weighted by Gasteiger charge is -2.15. The van der Waals surface area contributed by atoms with Crippen molar-refractivity contribution in [2.75, 3.05) is 0 Å². The normalized spacial score (nSPS) is 13.9. The van der Waals surface area contributed by atoms with E-state index < -0.39 is 0 Å². The van der Waals surface area contributed by atoms with Gasteiger partial charge in [0, 0.05) is 16.9 Å². The summed E-state index contributed by atoms with van der Waals surface area (Å²) in [5.41, 5.74) is 16.7. The highest BCUT2D eigenvalue weighted by Gasteiger charge is 2.23. The van der Waals surface area contributed by atoms with Crippen molar-refractivity contribution < 1.29 is 0 Å². The third-order valence-electron chi connectivity index (χ3n) is 11.0. The molecule has 9 aromatic rings. The SMILES string of the molecule is C1=C(c2ccc(-c3ccc(-c4cccc5c4ccc4nc(-c6ccccc6)cc(-c6ccccc6)c45)cc3)cc2)C=C(c2ccccc2)C1c1ccccc1. The van der Waals surface area contributed by atoms with Crippen LogP contribution in [-0.4, -0.2) is 4.98 Å². The second kappa shape index (κ2) is 14.0. The average molecular weight is 700 g/mol. The van der Waals surface area contributed by atoms with E-state index in [1.54, 1.807) is 0 Å². The van der Waals surface area contributed by atoms with Gasteiger partial charge < -0.3 is 0 Å². The highest BCUT2D eigenvalue weighted by atomic mass is 14.7. The van der Waals surface area contributed by atoms with Crippen molar-refractivity contribution in [3.63, 3.8) is 0 Å². The third kappa shape index (κ3) is 6.16. The van der Waals surface area contributed by atoms with E-state index in [4.69, 9.17) is 4.98 Å². The van der Waals surface area contributed by atoms with Crippen LogP contribution in [0.4, 0.5) is 0 Å². The van der Waals surface area contributed by atoms with Crippen LogP contribution in [-0.2, 0) is 0 Å². The molecule has 8 aromatic carbocycles. The summed E-state index contributed by atoms with van der Waals surface area (Å²) in [6, 6.07) is 74.1. The maximum Gasteiger partial charge on any atom is 0.0722 e. The number of benzene rings is 8. The van der Waals surface area contributed by atoms with Crippen LogP contribution >= 0.6 is 0 Å². The molecule has 1 heteroatoms. The van der Waals surface area contributed by atoms with Crippen molar-refractivity contribution >= 4 is 32.8 Å². The summed E-state index contributed by atoms with van der Waals surface area (Å²) in [7, 11) is 0. The highest BCUT2D eigenvalue weighted by molar-refractivity contribution is 6.17. The largest absolute Gasteiger partial charge is 0.248 e. The lowest BCUT2D eigenvalue weighted by molar-refractivity contribution is 1.12.